The highest BCUT2D eigenvalue weighted by atomic mass is 35.5. The Balaban J connectivity index is 1.47. The molecule has 0 saturated carbocycles. The summed E-state index contributed by atoms with van der Waals surface area (Å²) < 4.78 is 7.39. The molecule has 3 aromatic rings. The fourth-order valence-corrected chi connectivity index (χ4v) is 4.82. The molecule has 0 bridgehead atoms. The SMILES string of the molecule is O=C(Nc1ccnn1Cc1cccc(Cl)c1Cl)c1ccccc1SCC1CCCO1. The molecule has 1 saturated heterocycles. The van der Waals surface area contributed by atoms with Gasteiger partial charge < -0.3 is 10.1 Å². The van der Waals surface area contributed by atoms with E-state index in [-0.39, 0.29) is 12.0 Å². The first-order chi connectivity index (χ1) is 14.6. The van der Waals surface area contributed by atoms with Crippen LogP contribution in [0.15, 0.2) is 59.6 Å². The number of amides is 1. The van der Waals surface area contributed by atoms with Gasteiger partial charge in [-0.05, 0) is 36.6 Å². The number of carbonyl (C=O) groups excluding carboxylic acids is 1. The molecule has 1 atom stereocenters. The molecule has 1 fully saturated rings. The summed E-state index contributed by atoms with van der Waals surface area (Å²) in [4.78, 5) is 14.0. The second-order valence-electron chi connectivity index (χ2n) is 6.98. The summed E-state index contributed by atoms with van der Waals surface area (Å²) in [7, 11) is 0. The van der Waals surface area contributed by atoms with Crippen molar-refractivity contribution in [2.75, 3.05) is 17.7 Å². The third kappa shape index (κ3) is 5.01. The average molecular weight is 462 g/mol. The van der Waals surface area contributed by atoms with Gasteiger partial charge in [-0.15, -0.1) is 11.8 Å². The first-order valence-electron chi connectivity index (χ1n) is 9.71. The Bertz CT molecular complexity index is 1030. The Morgan fingerprint density at radius 1 is 1.20 bits per heavy atom. The predicted octanol–water partition coefficient (Wildman–Crippen LogP) is 5.76. The molecule has 0 radical (unpaired) electrons. The van der Waals surface area contributed by atoms with Crippen molar-refractivity contribution in [2.45, 2.75) is 30.4 Å². The smallest absolute Gasteiger partial charge is 0.257 e. The average Bonchev–Trinajstić information content (AvgIpc) is 3.42. The maximum atomic E-state index is 13.0. The van der Waals surface area contributed by atoms with Gasteiger partial charge >= 0.3 is 0 Å². The Kier molecular flexibility index (Phi) is 7.00. The molecule has 156 valence electrons. The third-order valence-corrected chi connectivity index (χ3v) is 6.95. The molecule has 30 heavy (non-hydrogen) atoms. The minimum atomic E-state index is -0.176. The highest BCUT2D eigenvalue weighted by molar-refractivity contribution is 7.99. The number of hydrogen-bond donors (Lipinski definition) is 1. The molecule has 0 aliphatic carbocycles. The van der Waals surface area contributed by atoms with Crippen LogP contribution in [0.2, 0.25) is 10.0 Å². The lowest BCUT2D eigenvalue weighted by atomic mass is 10.2. The van der Waals surface area contributed by atoms with Gasteiger partial charge in [0, 0.05) is 23.3 Å². The second-order valence-corrected chi connectivity index (χ2v) is 8.83. The Labute approximate surface area is 189 Å². The number of aromatic nitrogens is 2. The van der Waals surface area contributed by atoms with E-state index < -0.39 is 0 Å². The van der Waals surface area contributed by atoms with Crippen molar-refractivity contribution in [2.24, 2.45) is 0 Å². The van der Waals surface area contributed by atoms with Crippen LogP contribution in [0.25, 0.3) is 0 Å². The first-order valence-corrected chi connectivity index (χ1v) is 11.5. The van der Waals surface area contributed by atoms with E-state index in [1.54, 1.807) is 34.8 Å². The van der Waals surface area contributed by atoms with Gasteiger partial charge in [0.25, 0.3) is 5.91 Å². The highest BCUT2D eigenvalue weighted by Crippen LogP contribution is 2.28. The molecule has 1 aliphatic heterocycles. The lowest BCUT2D eigenvalue weighted by Crippen LogP contribution is -2.17. The summed E-state index contributed by atoms with van der Waals surface area (Å²) in [6.07, 6.45) is 4.09. The van der Waals surface area contributed by atoms with E-state index in [1.165, 1.54) is 0 Å². The minimum Gasteiger partial charge on any atom is -0.377 e. The molecule has 5 nitrogen and oxygen atoms in total. The topological polar surface area (TPSA) is 56.2 Å². The van der Waals surface area contributed by atoms with Gasteiger partial charge in [0.15, 0.2) is 0 Å². The van der Waals surface area contributed by atoms with E-state index in [9.17, 15) is 4.79 Å². The number of rotatable bonds is 7. The second kappa shape index (κ2) is 9.88. The van der Waals surface area contributed by atoms with Crippen molar-refractivity contribution >= 4 is 46.7 Å². The molecule has 4 rings (SSSR count). The van der Waals surface area contributed by atoms with Crippen LogP contribution in [-0.4, -0.2) is 34.2 Å². The predicted molar refractivity (Wildman–Crippen MR) is 122 cm³/mol. The number of anilines is 1. The van der Waals surface area contributed by atoms with Crippen molar-refractivity contribution in [1.82, 2.24) is 9.78 Å². The van der Waals surface area contributed by atoms with Crippen molar-refractivity contribution in [3.8, 4) is 0 Å². The molecule has 2 heterocycles. The summed E-state index contributed by atoms with van der Waals surface area (Å²) in [5.41, 5.74) is 1.46. The van der Waals surface area contributed by atoms with Gasteiger partial charge in [-0.2, -0.15) is 5.10 Å². The maximum Gasteiger partial charge on any atom is 0.257 e. The van der Waals surface area contributed by atoms with Crippen LogP contribution in [0.5, 0.6) is 0 Å². The van der Waals surface area contributed by atoms with Gasteiger partial charge in [0.1, 0.15) is 5.82 Å². The van der Waals surface area contributed by atoms with Gasteiger partial charge in [-0.1, -0.05) is 47.5 Å². The molecule has 1 unspecified atom stereocenters. The van der Waals surface area contributed by atoms with Crippen LogP contribution in [0.1, 0.15) is 28.8 Å². The zero-order chi connectivity index (χ0) is 20.9. The summed E-state index contributed by atoms with van der Waals surface area (Å²) in [6, 6.07) is 14.8. The molecule has 0 spiro atoms. The van der Waals surface area contributed by atoms with Crippen molar-refractivity contribution in [3.05, 3.63) is 75.9 Å². The van der Waals surface area contributed by atoms with E-state index in [0.717, 1.165) is 35.7 Å². The number of carbonyl (C=O) groups is 1. The lowest BCUT2D eigenvalue weighted by molar-refractivity contribution is 0.102. The molecular weight excluding hydrogens is 441 g/mol. The number of halogens is 2. The number of hydrogen-bond acceptors (Lipinski definition) is 4. The van der Waals surface area contributed by atoms with Gasteiger partial charge in [0.2, 0.25) is 0 Å². The van der Waals surface area contributed by atoms with Crippen LogP contribution in [0.3, 0.4) is 0 Å². The Hall–Kier alpha value is -1.99. The van der Waals surface area contributed by atoms with Crippen molar-refractivity contribution in [3.63, 3.8) is 0 Å². The number of ether oxygens (including phenoxy) is 1. The third-order valence-electron chi connectivity index (χ3n) is 4.89. The largest absolute Gasteiger partial charge is 0.377 e. The first kappa shape index (κ1) is 21.2. The van der Waals surface area contributed by atoms with Gasteiger partial charge in [-0.25, -0.2) is 4.68 Å². The molecule has 1 aromatic heterocycles. The molecule has 8 heteroatoms. The quantitative estimate of drug-likeness (QED) is 0.454. The molecule has 2 aromatic carbocycles. The normalized spacial score (nSPS) is 16.0. The summed E-state index contributed by atoms with van der Waals surface area (Å²) >= 11 is 14.1. The molecular formula is C22H21Cl2N3O2S. The molecule has 1 N–H and O–H groups in total. The van der Waals surface area contributed by atoms with E-state index in [0.29, 0.717) is 28.0 Å². The van der Waals surface area contributed by atoms with Crippen LogP contribution in [0.4, 0.5) is 5.82 Å². The fraction of sp³-hybridized carbons (Fsp3) is 0.273. The zero-order valence-electron chi connectivity index (χ0n) is 16.2. The number of benzene rings is 2. The van der Waals surface area contributed by atoms with Gasteiger partial charge in [-0.3, -0.25) is 4.79 Å². The van der Waals surface area contributed by atoms with Crippen LogP contribution in [-0.2, 0) is 11.3 Å². The Morgan fingerprint density at radius 2 is 2.07 bits per heavy atom. The molecule has 1 aliphatic rings. The van der Waals surface area contributed by atoms with E-state index in [1.807, 2.05) is 36.4 Å². The summed E-state index contributed by atoms with van der Waals surface area (Å²) in [5, 5.41) is 8.27. The van der Waals surface area contributed by atoms with Crippen molar-refractivity contribution < 1.29 is 9.53 Å². The monoisotopic (exact) mass is 461 g/mol. The highest BCUT2D eigenvalue weighted by Gasteiger charge is 2.19. The minimum absolute atomic E-state index is 0.176. The van der Waals surface area contributed by atoms with Gasteiger partial charge in [0.05, 0.1) is 34.5 Å². The van der Waals surface area contributed by atoms with Crippen LogP contribution < -0.4 is 5.32 Å². The standard InChI is InChI=1S/C22H21Cl2N3O2S/c23-18-8-3-5-15(21(18)24)13-27-20(10-11-25-27)26-22(28)17-7-1-2-9-19(17)30-14-16-6-4-12-29-16/h1-3,5,7-11,16H,4,6,12-14H2,(H,26,28). The Morgan fingerprint density at radius 3 is 2.90 bits per heavy atom. The number of nitrogens with zero attached hydrogens (tertiary/aromatic N) is 2. The van der Waals surface area contributed by atoms with E-state index in [4.69, 9.17) is 27.9 Å². The summed E-state index contributed by atoms with van der Waals surface area (Å²) in [5.74, 6) is 1.26. The van der Waals surface area contributed by atoms with E-state index >= 15 is 0 Å². The van der Waals surface area contributed by atoms with Crippen LogP contribution >= 0.6 is 35.0 Å². The van der Waals surface area contributed by atoms with Crippen molar-refractivity contribution in [1.29, 1.82) is 0 Å². The maximum absolute atomic E-state index is 13.0. The molecule has 1 amide bonds. The fourth-order valence-electron chi connectivity index (χ4n) is 3.32. The zero-order valence-corrected chi connectivity index (χ0v) is 18.5. The number of thioether (sulfide) groups is 1. The van der Waals surface area contributed by atoms with E-state index in [2.05, 4.69) is 10.4 Å². The van der Waals surface area contributed by atoms with Crippen LogP contribution in [0, 0.1) is 0 Å². The number of nitrogens with one attached hydrogen (secondary N) is 1. The summed E-state index contributed by atoms with van der Waals surface area (Å²) in [6.45, 7) is 1.23. The lowest BCUT2D eigenvalue weighted by Gasteiger charge is -2.13.